The Morgan fingerprint density at radius 1 is 0.946 bits per heavy atom. The molecule has 1 aromatic heterocycles. The smallest absolute Gasteiger partial charge is 0.351 e. The number of unbranched alkanes of at least 4 members (excludes halogenated alkanes) is 14. The Balaban J connectivity index is 1.57. The van der Waals surface area contributed by atoms with Gasteiger partial charge < -0.3 is 25.4 Å². The molecule has 0 spiro atoms. The predicted molar refractivity (Wildman–Crippen MR) is 140 cm³/mol. The Bertz CT molecular complexity index is 852. The number of aromatic nitrogens is 2. The van der Waals surface area contributed by atoms with E-state index in [2.05, 4.69) is 17.2 Å². The van der Waals surface area contributed by atoms with Crippen molar-refractivity contribution in [2.75, 3.05) is 11.9 Å². The lowest BCUT2D eigenvalue weighted by Crippen LogP contribution is -2.36. The zero-order valence-electron chi connectivity index (χ0n) is 22.2. The van der Waals surface area contributed by atoms with Crippen molar-refractivity contribution in [3.05, 3.63) is 22.5 Å². The zero-order chi connectivity index (χ0) is 27.0. The third kappa shape index (κ3) is 10.8. The maximum atomic E-state index is 14.5. The van der Waals surface area contributed by atoms with Crippen molar-refractivity contribution in [3.63, 3.8) is 0 Å². The van der Waals surface area contributed by atoms with Crippen LogP contribution in [0.15, 0.2) is 11.0 Å². The molecule has 4 N–H and O–H groups in total. The Kier molecular flexibility index (Phi) is 14.9. The van der Waals surface area contributed by atoms with Crippen LogP contribution in [-0.2, 0) is 9.53 Å². The number of anilines is 1. The highest BCUT2D eigenvalue weighted by atomic mass is 19.1. The molecular weight excluding hydrogens is 481 g/mol. The van der Waals surface area contributed by atoms with E-state index in [4.69, 9.17) is 4.74 Å². The predicted octanol–water partition coefficient (Wildman–Crippen LogP) is 4.19. The second-order valence-electron chi connectivity index (χ2n) is 10.1. The van der Waals surface area contributed by atoms with Crippen LogP contribution < -0.4 is 11.0 Å². The minimum atomic E-state index is -1.54. The number of halogens is 1. The largest absolute Gasteiger partial charge is 0.394 e. The van der Waals surface area contributed by atoms with Gasteiger partial charge in [0.05, 0.1) is 12.8 Å². The second kappa shape index (κ2) is 17.6. The molecule has 1 aromatic rings. The standard InChI is InChI=1S/C27H46FN3O6/c1-2-3-4-5-6-7-8-9-10-11-12-13-14-15-16-17-22(33)29-25-20(28)18-31(27(36)30-25)26-24(35)23(34)21(19-32)37-26/h18,21,23-24,26,32,34-35H,2-17,19H2,1H3,(H,29,30,33,36)/t21-,23-,24+,26-/m1/s1. The molecule has 1 saturated heterocycles. The van der Waals surface area contributed by atoms with E-state index in [1.807, 2.05) is 0 Å². The first-order valence-corrected chi connectivity index (χ1v) is 14.1. The van der Waals surface area contributed by atoms with Gasteiger partial charge in [-0.15, -0.1) is 0 Å². The molecule has 0 saturated carbocycles. The minimum absolute atomic E-state index is 0.206. The molecule has 1 aliphatic rings. The molecule has 1 aliphatic heterocycles. The lowest BCUT2D eigenvalue weighted by molar-refractivity contribution is -0.116. The first kappa shape index (κ1) is 31.3. The number of carbonyl (C=O) groups excluding carboxylic acids is 1. The van der Waals surface area contributed by atoms with Crippen LogP contribution in [0.25, 0.3) is 0 Å². The maximum Gasteiger partial charge on any atom is 0.351 e. The van der Waals surface area contributed by atoms with Gasteiger partial charge in [-0.3, -0.25) is 9.36 Å². The Morgan fingerprint density at radius 2 is 1.46 bits per heavy atom. The molecule has 1 amide bonds. The fourth-order valence-corrected chi connectivity index (χ4v) is 4.68. The number of amides is 1. The Labute approximate surface area is 219 Å². The second-order valence-corrected chi connectivity index (χ2v) is 10.1. The number of carbonyl (C=O) groups is 1. The van der Waals surface area contributed by atoms with E-state index < -0.39 is 54.4 Å². The average Bonchev–Trinajstić information content (AvgIpc) is 3.16. The van der Waals surface area contributed by atoms with E-state index in [-0.39, 0.29) is 6.42 Å². The van der Waals surface area contributed by atoms with E-state index in [0.717, 1.165) is 25.5 Å². The summed E-state index contributed by atoms with van der Waals surface area (Å²) >= 11 is 0. The molecule has 0 unspecified atom stereocenters. The van der Waals surface area contributed by atoms with E-state index in [9.17, 15) is 29.3 Å². The van der Waals surface area contributed by atoms with E-state index in [0.29, 0.717) is 11.0 Å². The number of nitrogens with zero attached hydrogens (tertiary/aromatic N) is 2. The molecule has 0 aliphatic carbocycles. The topological polar surface area (TPSA) is 134 Å². The zero-order valence-corrected chi connectivity index (χ0v) is 22.2. The molecule has 2 rings (SSSR count). The van der Waals surface area contributed by atoms with Gasteiger partial charge in [-0.25, -0.2) is 9.18 Å². The molecule has 10 heteroatoms. The normalized spacial score (nSPS) is 21.4. The van der Waals surface area contributed by atoms with Gasteiger partial charge in [0, 0.05) is 6.42 Å². The van der Waals surface area contributed by atoms with E-state index in [1.54, 1.807) is 0 Å². The molecule has 0 aromatic carbocycles. The maximum absolute atomic E-state index is 14.5. The van der Waals surface area contributed by atoms with Gasteiger partial charge in [-0.1, -0.05) is 96.8 Å². The van der Waals surface area contributed by atoms with Crippen LogP contribution in [0.4, 0.5) is 10.2 Å². The van der Waals surface area contributed by atoms with Gasteiger partial charge in [-0.2, -0.15) is 4.98 Å². The van der Waals surface area contributed by atoms with Crippen LogP contribution in [0.3, 0.4) is 0 Å². The molecular formula is C27H46FN3O6. The van der Waals surface area contributed by atoms with Crippen LogP contribution in [0.2, 0.25) is 0 Å². The van der Waals surface area contributed by atoms with Gasteiger partial charge in [0.2, 0.25) is 5.91 Å². The highest BCUT2D eigenvalue weighted by molar-refractivity contribution is 5.89. The Hall–Kier alpha value is -1.88. The summed E-state index contributed by atoms with van der Waals surface area (Å²) in [5.41, 5.74) is -0.960. The first-order valence-electron chi connectivity index (χ1n) is 14.1. The fraction of sp³-hybridized carbons (Fsp3) is 0.815. The average molecular weight is 528 g/mol. The van der Waals surface area contributed by atoms with Crippen molar-refractivity contribution in [1.29, 1.82) is 0 Å². The number of aliphatic hydroxyl groups is 3. The summed E-state index contributed by atoms with van der Waals surface area (Å²) in [5, 5.41) is 31.4. The van der Waals surface area contributed by atoms with Crippen molar-refractivity contribution >= 4 is 11.7 Å². The number of nitrogens with one attached hydrogen (secondary N) is 1. The Morgan fingerprint density at radius 3 is 1.95 bits per heavy atom. The van der Waals surface area contributed by atoms with Crippen LogP contribution in [-0.4, -0.2) is 55.7 Å². The van der Waals surface area contributed by atoms with E-state index >= 15 is 0 Å². The number of hydrogen-bond acceptors (Lipinski definition) is 7. The van der Waals surface area contributed by atoms with Gasteiger partial charge in [-0.05, 0) is 6.42 Å². The van der Waals surface area contributed by atoms with Gasteiger partial charge >= 0.3 is 5.69 Å². The third-order valence-electron chi connectivity index (χ3n) is 6.96. The lowest BCUT2D eigenvalue weighted by atomic mass is 10.0. The summed E-state index contributed by atoms with van der Waals surface area (Å²) in [6.07, 6.45) is 13.8. The quantitative estimate of drug-likeness (QED) is 0.198. The number of rotatable bonds is 19. The van der Waals surface area contributed by atoms with Crippen molar-refractivity contribution in [2.24, 2.45) is 0 Å². The van der Waals surface area contributed by atoms with Gasteiger partial charge in [0.25, 0.3) is 0 Å². The van der Waals surface area contributed by atoms with Gasteiger partial charge in [0.15, 0.2) is 17.9 Å². The molecule has 212 valence electrons. The summed E-state index contributed by atoms with van der Waals surface area (Å²) in [4.78, 5) is 28.0. The highest BCUT2D eigenvalue weighted by Gasteiger charge is 2.44. The van der Waals surface area contributed by atoms with Crippen molar-refractivity contribution in [2.45, 2.75) is 134 Å². The van der Waals surface area contributed by atoms with Crippen molar-refractivity contribution in [1.82, 2.24) is 9.55 Å². The number of ether oxygens (including phenoxy) is 1. The van der Waals surface area contributed by atoms with E-state index in [1.165, 1.54) is 70.6 Å². The molecule has 2 heterocycles. The van der Waals surface area contributed by atoms with Gasteiger partial charge in [0.1, 0.15) is 18.3 Å². The first-order chi connectivity index (χ1) is 17.9. The highest BCUT2D eigenvalue weighted by Crippen LogP contribution is 2.28. The number of hydrogen-bond donors (Lipinski definition) is 4. The SMILES string of the molecule is CCCCCCCCCCCCCCCCCC(=O)Nc1nc(=O)n([C@@H]2O[C@H](CO)[C@@H](O)[C@@H]2O)cc1F. The molecule has 37 heavy (non-hydrogen) atoms. The summed E-state index contributed by atoms with van der Waals surface area (Å²) in [7, 11) is 0. The van der Waals surface area contributed by atoms with Crippen LogP contribution in [0.1, 0.15) is 116 Å². The third-order valence-corrected chi connectivity index (χ3v) is 6.96. The van der Waals surface area contributed by atoms with Crippen molar-refractivity contribution < 1.29 is 29.2 Å². The molecule has 1 fully saturated rings. The molecule has 4 atom stereocenters. The van der Waals surface area contributed by atoms with Crippen LogP contribution in [0, 0.1) is 5.82 Å². The fourth-order valence-electron chi connectivity index (χ4n) is 4.68. The molecule has 9 nitrogen and oxygen atoms in total. The number of aliphatic hydroxyl groups excluding tert-OH is 3. The summed E-state index contributed by atoms with van der Waals surface area (Å²) in [6, 6.07) is 0. The lowest BCUT2D eigenvalue weighted by Gasteiger charge is -2.17. The minimum Gasteiger partial charge on any atom is -0.394 e. The van der Waals surface area contributed by atoms with Crippen molar-refractivity contribution in [3.8, 4) is 0 Å². The summed E-state index contributed by atoms with van der Waals surface area (Å²) in [5.74, 6) is -1.88. The summed E-state index contributed by atoms with van der Waals surface area (Å²) < 4.78 is 20.4. The van der Waals surface area contributed by atoms with Crippen LogP contribution in [0.5, 0.6) is 0 Å². The summed E-state index contributed by atoms with van der Waals surface area (Å²) in [6.45, 7) is 1.67. The molecule has 0 radical (unpaired) electrons. The molecule has 0 bridgehead atoms. The monoisotopic (exact) mass is 527 g/mol. The van der Waals surface area contributed by atoms with Crippen LogP contribution >= 0.6 is 0 Å².